The molecule has 170 valence electrons. The second-order valence-corrected chi connectivity index (χ2v) is 8.33. The SMILES string of the molecule is COC(=O)CNC[C@H](C)NC(=O)OC(C)(C)C.C[C@@H](C=O)NC(=O)OC(C)(C)C. The van der Waals surface area contributed by atoms with Crippen LogP contribution in [-0.2, 0) is 23.8 Å². The number of amides is 2. The Morgan fingerprint density at radius 2 is 1.34 bits per heavy atom. The minimum Gasteiger partial charge on any atom is -0.468 e. The summed E-state index contributed by atoms with van der Waals surface area (Å²) in [6, 6.07) is -0.630. The highest BCUT2D eigenvalue weighted by Gasteiger charge is 2.18. The van der Waals surface area contributed by atoms with E-state index in [1.165, 1.54) is 7.11 Å². The quantitative estimate of drug-likeness (QED) is 0.323. The zero-order valence-corrected chi connectivity index (χ0v) is 19.0. The van der Waals surface area contributed by atoms with Crippen LogP contribution in [0.25, 0.3) is 0 Å². The molecule has 2 atom stereocenters. The summed E-state index contributed by atoms with van der Waals surface area (Å²) in [7, 11) is 1.33. The van der Waals surface area contributed by atoms with Gasteiger partial charge < -0.3 is 35.0 Å². The molecular formula is C19H37N3O7. The first-order chi connectivity index (χ1) is 13.1. The van der Waals surface area contributed by atoms with Gasteiger partial charge in [0.15, 0.2) is 0 Å². The number of alkyl carbamates (subject to hydrolysis) is 2. The molecular weight excluding hydrogens is 382 g/mol. The third kappa shape index (κ3) is 21.8. The van der Waals surface area contributed by atoms with Crippen LogP contribution in [0.4, 0.5) is 9.59 Å². The number of carbonyl (C=O) groups excluding carboxylic acids is 4. The van der Waals surface area contributed by atoms with E-state index in [-0.39, 0.29) is 18.6 Å². The Kier molecular flexibility index (Phi) is 13.7. The number of esters is 1. The first-order valence-electron chi connectivity index (χ1n) is 9.31. The molecule has 0 spiro atoms. The van der Waals surface area contributed by atoms with Crippen LogP contribution in [0.3, 0.4) is 0 Å². The Morgan fingerprint density at radius 3 is 1.72 bits per heavy atom. The summed E-state index contributed by atoms with van der Waals surface area (Å²) in [4.78, 5) is 43.2. The summed E-state index contributed by atoms with van der Waals surface area (Å²) in [5.74, 6) is -0.338. The zero-order chi connectivity index (χ0) is 23.3. The summed E-state index contributed by atoms with van der Waals surface area (Å²) < 4.78 is 14.5. The fourth-order valence-electron chi connectivity index (χ4n) is 1.55. The molecule has 10 heteroatoms. The van der Waals surface area contributed by atoms with Crippen molar-refractivity contribution in [1.29, 1.82) is 0 Å². The zero-order valence-electron chi connectivity index (χ0n) is 19.0. The van der Waals surface area contributed by atoms with Gasteiger partial charge in [-0.1, -0.05) is 0 Å². The number of carbonyl (C=O) groups is 4. The van der Waals surface area contributed by atoms with Crippen molar-refractivity contribution < 1.29 is 33.4 Å². The molecule has 2 amide bonds. The predicted molar refractivity (Wildman–Crippen MR) is 109 cm³/mol. The highest BCUT2D eigenvalue weighted by molar-refractivity contribution is 5.73. The van der Waals surface area contributed by atoms with Crippen molar-refractivity contribution in [3.8, 4) is 0 Å². The molecule has 0 aromatic heterocycles. The largest absolute Gasteiger partial charge is 0.468 e. The van der Waals surface area contributed by atoms with Gasteiger partial charge in [0.05, 0.1) is 19.7 Å². The van der Waals surface area contributed by atoms with Crippen molar-refractivity contribution in [1.82, 2.24) is 16.0 Å². The van der Waals surface area contributed by atoms with Crippen LogP contribution in [0.5, 0.6) is 0 Å². The molecule has 0 saturated heterocycles. The van der Waals surface area contributed by atoms with Gasteiger partial charge in [-0.25, -0.2) is 9.59 Å². The first-order valence-corrected chi connectivity index (χ1v) is 9.31. The molecule has 0 aliphatic heterocycles. The Balaban J connectivity index is 0. The van der Waals surface area contributed by atoms with Crippen molar-refractivity contribution in [3.05, 3.63) is 0 Å². The molecule has 0 aromatic carbocycles. The standard InChI is InChI=1S/C11H22N2O4.C8H15NO3/c1-8(6-12-7-9(14)16-5)13-10(15)17-11(2,3)4;1-6(5-10)9-7(11)12-8(2,3)4/h8,12H,6-7H2,1-5H3,(H,13,15);5-6H,1-4H3,(H,9,11)/t8-;6-/m00/s1. The van der Waals surface area contributed by atoms with Crippen molar-refractivity contribution in [2.45, 2.75) is 78.7 Å². The van der Waals surface area contributed by atoms with E-state index >= 15 is 0 Å². The van der Waals surface area contributed by atoms with Gasteiger partial charge in [0.1, 0.15) is 17.5 Å². The lowest BCUT2D eigenvalue weighted by molar-refractivity contribution is -0.139. The molecule has 0 bridgehead atoms. The average Bonchev–Trinajstić information content (AvgIpc) is 2.51. The molecule has 0 unspecified atom stereocenters. The Morgan fingerprint density at radius 1 is 0.897 bits per heavy atom. The van der Waals surface area contributed by atoms with Gasteiger partial charge in [0, 0.05) is 12.6 Å². The number of methoxy groups -OCH3 is 1. The van der Waals surface area contributed by atoms with Gasteiger partial charge in [-0.3, -0.25) is 4.79 Å². The van der Waals surface area contributed by atoms with E-state index in [0.717, 1.165) is 0 Å². The average molecular weight is 420 g/mol. The van der Waals surface area contributed by atoms with Crippen molar-refractivity contribution in [2.24, 2.45) is 0 Å². The third-order valence-electron chi connectivity index (χ3n) is 2.66. The molecule has 29 heavy (non-hydrogen) atoms. The number of rotatable bonds is 7. The molecule has 0 aliphatic rings. The Hall–Kier alpha value is -2.36. The number of aldehydes is 1. The molecule has 0 rings (SSSR count). The van der Waals surface area contributed by atoms with Gasteiger partial charge in [0.2, 0.25) is 0 Å². The molecule has 0 heterocycles. The normalized spacial score (nSPS) is 13.0. The molecule has 0 aromatic rings. The van der Waals surface area contributed by atoms with Crippen molar-refractivity contribution in [2.75, 3.05) is 20.2 Å². The Labute approximate surface area is 173 Å². The number of hydrogen-bond acceptors (Lipinski definition) is 8. The topological polar surface area (TPSA) is 132 Å². The summed E-state index contributed by atoms with van der Waals surface area (Å²) >= 11 is 0. The number of ether oxygens (including phenoxy) is 3. The fourth-order valence-corrected chi connectivity index (χ4v) is 1.55. The van der Waals surface area contributed by atoms with Gasteiger partial charge in [-0.05, 0) is 55.4 Å². The number of hydrogen-bond donors (Lipinski definition) is 3. The van der Waals surface area contributed by atoms with Gasteiger partial charge in [-0.2, -0.15) is 0 Å². The lowest BCUT2D eigenvalue weighted by Gasteiger charge is -2.22. The van der Waals surface area contributed by atoms with E-state index in [4.69, 9.17) is 9.47 Å². The van der Waals surface area contributed by atoms with Crippen LogP contribution in [0.15, 0.2) is 0 Å². The predicted octanol–water partition coefficient (Wildman–Crippen LogP) is 1.76. The monoisotopic (exact) mass is 419 g/mol. The van der Waals surface area contributed by atoms with Gasteiger partial charge >= 0.3 is 18.2 Å². The highest BCUT2D eigenvalue weighted by atomic mass is 16.6. The van der Waals surface area contributed by atoms with Crippen LogP contribution < -0.4 is 16.0 Å². The molecule has 0 aliphatic carbocycles. The minimum absolute atomic E-state index is 0.122. The lowest BCUT2D eigenvalue weighted by Crippen LogP contribution is -2.43. The molecule has 0 saturated carbocycles. The minimum atomic E-state index is -0.568. The lowest BCUT2D eigenvalue weighted by atomic mass is 10.2. The second kappa shape index (κ2) is 13.8. The van der Waals surface area contributed by atoms with Crippen molar-refractivity contribution >= 4 is 24.4 Å². The van der Waals surface area contributed by atoms with Crippen molar-refractivity contribution in [3.63, 3.8) is 0 Å². The molecule has 0 fully saturated rings. The van der Waals surface area contributed by atoms with Crippen LogP contribution in [0.2, 0.25) is 0 Å². The summed E-state index contributed by atoms with van der Waals surface area (Å²) in [6.45, 7) is 14.7. The highest BCUT2D eigenvalue weighted by Crippen LogP contribution is 2.07. The summed E-state index contributed by atoms with van der Waals surface area (Å²) in [5, 5.41) is 7.87. The van der Waals surface area contributed by atoms with Crippen LogP contribution in [-0.4, -0.2) is 67.9 Å². The van der Waals surface area contributed by atoms with Gasteiger partial charge in [0.25, 0.3) is 0 Å². The van der Waals surface area contributed by atoms with Gasteiger partial charge in [-0.15, -0.1) is 0 Å². The Bertz CT molecular complexity index is 525. The van der Waals surface area contributed by atoms with E-state index in [0.29, 0.717) is 12.8 Å². The maximum absolute atomic E-state index is 11.4. The molecule has 0 radical (unpaired) electrons. The van der Waals surface area contributed by atoms with E-state index in [1.54, 1.807) is 48.5 Å². The van der Waals surface area contributed by atoms with E-state index in [1.807, 2.05) is 6.92 Å². The second-order valence-electron chi connectivity index (χ2n) is 8.33. The van der Waals surface area contributed by atoms with E-state index < -0.39 is 29.4 Å². The van der Waals surface area contributed by atoms with E-state index in [2.05, 4.69) is 20.7 Å². The maximum Gasteiger partial charge on any atom is 0.408 e. The fraction of sp³-hybridized carbons (Fsp3) is 0.789. The summed E-state index contributed by atoms with van der Waals surface area (Å²) in [6.07, 6.45) is -0.392. The first kappa shape index (κ1) is 28.8. The van der Waals surface area contributed by atoms with Crippen LogP contribution in [0, 0.1) is 0 Å². The maximum atomic E-state index is 11.4. The molecule has 10 nitrogen and oxygen atoms in total. The summed E-state index contributed by atoms with van der Waals surface area (Å²) in [5.41, 5.74) is -1.03. The van der Waals surface area contributed by atoms with Crippen LogP contribution >= 0.6 is 0 Å². The molecule has 3 N–H and O–H groups in total. The smallest absolute Gasteiger partial charge is 0.408 e. The number of nitrogens with one attached hydrogen (secondary N) is 3. The van der Waals surface area contributed by atoms with Crippen LogP contribution in [0.1, 0.15) is 55.4 Å². The third-order valence-corrected chi connectivity index (χ3v) is 2.66. The van der Waals surface area contributed by atoms with E-state index in [9.17, 15) is 19.2 Å².